The Hall–Kier alpha value is 0. The molecule has 0 heteroatoms. The zero-order valence-corrected chi connectivity index (χ0v) is 7.07. The van der Waals surface area contributed by atoms with Crippen LogP contribution in [0, 0.1) is 17.3 Å². The van der Waals surface area contributed by atoms with Gasteiger partial charge in [0.15, 0.2) is 0 Å². The lowest BCUT2D eigenvalue weighted by atomic mass is 9.82. The van der Waals surface area contributed by atoms with Gasteiger partial charge in [0.25, 0.3) is 0 Å². The summed E-state index contributed by atoms with van der Waals surface area (Å²) in [6.45, 7) is 9.42. The molecule has 0 bridgehead atoms. The molecular formula is C10H22. The van der Waals surface area contributed by atoms with Crippen LogP contribution in [0.15, 0.2) is 0 Å². The zero-order chi connectivity index (χ0) is 7.07. The summed E-state index contributed by atoms with van der Waals surface area (Å²) in [5.41, 5.74) is 0.750. The summed E-state index contributed by atoms with van der Waals surface area (Å²) in [4.78, 5) is 0. The second kappa shape index (κ2) is 2.94. The van der Waals surface area contributed by atoms with Gasteiger partial charge >= 0.3 is 0 Å². The molecule has 0 aliphatic heterocycles. The lowest BCUT2D eigenvalue weighted by Gasteiger charge is -2.23. The third-order valence-corrected chi connectivity index (χ3v) is 3.13. The highest BCUT2D eigenvalue weighted by atomic mass is 14.5. The summed E-state index contributed by atoms with van der Waals surface area (Å²) >= 11 is 0. The van der Waals surface area contributed by atoms with Crippen molar-refractivity contribution in [1.29, 1.82) is 0 Å². The van der Waals surface area contributed by atoms with E-state index >= 15 is 0 Å². The predicted molar refractivity (Wildman–Crippen MR) is 48.1 cm³/mol. The summed E-state index contributed by atoms with van der Waals surface area (Å²) in [6.07, 6.45) is 2.95. The third kappa shape index (κ3) is 1.36. The van der Waals surface area contributed by atoms with Crippen LogP contribution in [0.25, 0.3) is 0 Å². The molecule has 0 aromatic carbocycles. The highest BCUT2D eigenvalue weighted by Crippen LogP contribution is 2.57. The molecule has 1 aliphatic carbocycles. The Balaban J connectivity index is 0.000000810. The number of hydrogen-bond acceptors (Lipinski definition) is 0. The van der Waals surface area contributed by atoms with Crippen molar-refractivity contribution in [3.63, 3.8) is 0 Å². The van der Waals surface area contributed by atoms with E-state index in [2.05, 4.69) is 27.7 Å². The number of hydrogen-bond donors (Lipinski definition) is 0. The van der Waals surface area contributed by atoms with Crippen LogP contribution in [0.2, 0.25) is 0 Å². The van der Waals surface area contributed by atoms with Gasteiger partial charge in [-0.2, -0.15) is 0 Å². The second-order valence-corrected chi connectivity index (χ2v) is 4.04. The third-order valence-electron chi connectivity index (χ3n) is 3.13. The van der Waals surface area contributed by atoms with Gasteiger partial charge in [0.1, 0.15) is 0 Å². The minimum Gasteiger partial charge on any atom is -0.0776 e. The Kier molecular flexibility index (Phi) is 2.94. The van der Waals surface area contributed by atoms with Gasteiger partial charge < -0.3 is 0 Å². The van der Waals surface area contributed by atoms with E-state index < -0.39 is 0 Å². The summed E-state index contributed by atoms with van der Waals surface area (Å²) in [5.74, 6) is 1.80. The fraction of sp³-hybridized carbons (Fsp3) is 1.00. The minimum absolute atomic E-state index is 0. The first kappa shape index (κ1) is 10.0. The van der Waals surface area contributed by atoms with Crippen molar-refractivity contribution < 1.29 is 0 Å². The summed E-state index contributed by atoms with van der Waals surface area (Å²) in [5, 5.41) is 0. The van der Waals surface area contributed by atoms with E-state index in [0.717, 1.165) is 17.3 Å². The van der Waals surface area contributed by atoms with Gasteiger partial charge in [-0.1, -0.05) is 35.1 Å². The van der Waals surface area contributed by atoms with Gasteiger partial charge in [-0.15, -0.1) is 0 Å². The second-order valence-electron chi connectivity index (χ2n) is 4.04. The van der Waals surface area contributed by atoms with Crippen LogP contribution in [0.1, 0.15) is 48.0 Å². The Morgan fingerprint density at radius 1 is 0.900 bits per heavy atom. The maximum Gasteiger partial charge on any atom is -0.0251 e. The van der Waals surface area contributed by atoms with E-state index in [9.17, 15) is 0 Å². The lowest BCUT2D eigenvalue weighted by molar-refractivity contribution is 0.260. The quantitative estimate of drug-likeness (QED) is 0.551. The van der Waals surface area contributed by atoms with Crippen LogP contribution in [-0.4, -0.2) is 0 Å². The van der Waals surface area contributed by atoms with Crippen molar-refractivity contribution in [3.05, 3.63) is 0 Å². The molecule has 1 aliphatic rings. The van der Waals surface area contributed by atoms with Crippen LogP contribution >= 0.6 is 0 Å². The molecule has 0 N–H and O–H groups in total. The molecule has 0 aromatic rings. The highest BCUT2D eigenvalue weighted by molar-refractivity contribution is 4.97. The average Bonchev–Trinajstić information content (AvgIpc) is 2.40. The van der Waals surface area contributed by atoms with Crippen molar-refractivity contribution in [1.82, 2.24) is 0 Å². The highest BCUT2D eigenvalue weighted by Gasteiger charge is 2.47. The van der Waals surface area contributed by atoms with Crippen molar-refractivity contribution in [2.45, 2.75) is 48.0 Å². The molecule has 1 saturated carbocycles. The molecule has 0 unspecified atom stereocenters. The Morgan fingerprint density at radius 3 is 1.20 bits per heavy atom. The largest absolute Gasteiger partial charge is 0.0776 e. The van der Waals surface area contributed by atoms with Gasteiger partial charge in [0, 0.05) is 0 Å². The molecule has 0 heterocycles. The lowest BCUT2D eigenvalue weighted by Crippen LogP contribution is -2.16. The van der Waals surface area contributed by atoms with E-state index in [4.69, 9.17) is 0 Å². The molecule has 0 atom stereocenters. The van der Waals surface area contributed by atoms with Crippen molar-refractivity contribution in [2.75, 3.05) is 0 Å². The number of rotatable bonds is 2. The summed E-state index contributed by atoms with van der Waals surface area (Å²) in [7, 11) is 0. The fourth-order valence-electron chi connectivity index (χ4n) is 1.97. The van der Waals surface area contributed by atoms with Crippen LogP contribution in [-0.2, 0) is 0 Å². The van der Waals surface area contributed by atoms with Gasteiger partial charge in [0.2, 0.25) is 0 Å². The maximum atomic E-state index is 2.35. The van der Waals surface area contributed by atoms with Crippen molar-refractivity contribution >= 4 is 0 Å². The van der Waals surface area contributed by atoms with E-state index in [1.807, 2.05) is 0 Å². The molecule has 0 radical (unpaired) electrons. The first-order chi connectivity index (χ1) is 4.09. The zero-order valence-electron chi connectivity index (χ0n) is 7.07. The normalized spacial score (nSPS) is 21.0. The fourth-order valence-corrected chi connectivity index (χ4v) is 1.97. The molecule has 10 heavy (non-hydrogen) atoms. The first-order valence-corrected chi connectivity index (χ1v) is 4.09. The Bertz CT molecular complexity index is 86.6. The molecule has 1 rings (SSSR count). The molecule has 0 amide bonds. The molecule has 0 nitrogen and oxygen atoms in total. The predicted octanol–water partition coefficient (Wildman–Crippen LogP) is 3.71. The average molecular weight is 142 g/mol. The van der Waals surface area contributed by atoms with E-state index in [1.54, 1.807) is 0 Å². The summed E-state index contributed by atoms with van der Waals surface area (Å²) in [6, 6.07) is 0. The van der Waals surface area contributed by atoms with Gasteiger partial charge in [-0.3, -0.25) is 0 Å². The molecule has 0 aromatic heterocycles. The molecule has 62 valence electrons. The SMILES string of the molecule is C.CC(C)C1(C(C)C)CC1. The standard InChI is InChI=1S/C9H18.CH4/c1-7(2)9(5-6-9)8(3)4;/h7-8H,5-6H2,1-4H3;1H4. The van der Waals surface area contributed by atoms with Crippen LogP contribution in [0.3, 0.4) is 0 Å². The molecular weight excluding hydrogens is 120 g/mol. The molecule has 0 saturated heterocycles. The van der Waals surface area contributed by atoms with Crippen molar-refractivity contribution in [2.24, 2.45) is 17.3 Å². The van der Waals surface area contributed by atoms with E-state index in [0.29, 0.717) is 0 Å². The minimum atomic E-state index is 0. The Labute approximate surface area is 66.0 Å². The first-order valence-electron chi connectivity index (χ1n) is 4.09. The van der Waals surface area contributed by atoms with Gasteiger partial charge in [0.05, 0.1) is 0 Å². The van der Waals surface area contributed by atoms with E-state index in [-0.39, 0.29) is 7.43 Å². The topological polar surface area (TPSA) is 0 Å². The molecule has 0 spiro atoms. The van der Waals surface area contributed by atoms with Crippen LogP contribution < -0.4 is 0 Å². The van der Waals surface area contributed by atoms with E-state index in [1.165, 1.54) is 12.8 Å². The monoisotopic (exact) mass is 142 g/mol. The van der Waals surface area contributed by atoms with Gasteiger partial charge in [-0.05, 0) is 30.1 Å². The Morgan fingerprint density at radius 2 is 1.20 bits per heavy atom. The van der Waals surface area contributed by atoms with Crippen LogP contribution in [0.4, 0.5) is 0 Å². The van der Waals surface area contributed by atoms with Gasteiger partial charge in [-0.25, -0.2) is 0 Å². The summed E-state index contributed by atoms with van der Waals surface area (Å²) < 4.78 is 0. The molecule has 1 fully saturated rings. The smallest absolute Gasteiger partial charge is 0.0251 e. The van der Waals surface area contributed by atoms with Crippen molar-refractivity contribution in [3.8, 4) is 0 Å². The maximum absolute atomic E-state index is 2.35. The van der Waals surface area contributed by atoms with Crippen LogP contribution in [0.5, 0.6) is 0 Å².